The molecule has 7 heteroatoms. The standard InChI is InChI=1S/C20H28N2O4S/c1-6-14(3)22(19(23)7-2)11-15-13-27-18(21-15)12-26-20-16(24-4)9-8-10-17(20)25-5/h8-10,13-14H,6-7,11-12H2,1-5H3. The first-order valence-corrected chi connectivity index (χ1v) is 9.98. The Morgan fingerprint density at radius 1 is 1.22 bits per heavy atom. The normalized spacial score (nSPS) is 11.7. The summed E-state index contributed by atoms with van der Waals surface area (Å²) in [6, 6.07) is 5.69. The number of rotatable bonds is 10. The van der Waals surface area contributed by atoms with E-state index in [2.05, 4.69) is 18.8 Å². The van der Waals surface area contributed by atoms with Crippen molar-refractivity contribution in [2.45, 2.75) is 52.8 Å². The Morgan fingerprint density at radius 2 is 1.89 bits per heavy atom. The van der Waals surface area contributed by atoms with Gasteiger partial charge >= 0.3 is 0 Å². The van der Waals surface area contributed by atoms with E-state index >= 15 is 0 Å². The first kappa shape index (κ1) is 21.0. The summed E-state index contributed by atoms with van der Waals surface area (Å²) in [6.45, 7) is 6.88. The lowest BCUT2D eigenvalue weighted by molar-refractivity contribution is -0.133. The highest BCUT2D eigenvalue weighted by molar-refractivity contribution is 7.09. The van der Waals surface area contributed by atoms with E-state index in [0.29, 0.717) is 36.8 Å². The topological polar surface area (TPSA) is 60.9 Å². The summed E-state index contributed by atoms with van der Waals surface area (Å²) in [5.74, 6) is 1.93. The number of aromatic nitrogens is 1. The van der Waals surface area contributed by atoms with Gasteiger partial charge in [-0.3, -0.25) is 4.79 Å². The predicted octanol–water partition coefficient (Wildman–Crippen LogP) is 4.28. The second-order valence-corrected chi connectivity index (χ2v) is 7.09. The van der Waals surface area contributed by atoms with Crippen molar-refractivity contribution in [3.05, 3.63) is 34.3 Å². The molecule has 0 saturated carbocycles. The van der Waals surface area contributed by atoms with Crippen molar-refractivity contribution in [3.63, 3.8) is 0 Å². The second-order valence-electron chi connectivity index (χ2n) is 6.15. The molecule has 1 heterocycles. The van der Waals surface area contributed by atoms with E-state index in [9.17, 15) is 4.79 Å². The van der Waals surface area contributed by atoms with E-state index in [1.54, 1.807) is 14.2 Å². The molecule has 0 bridgehead atoms. The molecule has 0 aliphatic carbocycles. The molecule has 1 atom stereocenters. The third-order valence-electron chi connectivity index (χ3n) is 4.40. The molecule has 1 aromatic carbocycles. The number of para-hydroxylation sites is 1. The molecule has 0 saturated heterocycles. The lowest BCUT2D eigenvalue weighted by atomic mass is 10.2. The monoisotopic (exact) mass is 392 g/mol. The molecular formula is C20H28N2O4S. The highest BCUT2D eigenvalue weighted by atomic mass is 32.1. The van der Waals surface area contributed by atoms with Crippen LogP contribution in [0.25, 0.3) is 0 Å². The molecule has 6 nitrogen and oxygen atoms in total. The zero-order valence-corrected chi connectivity index (χ0v) is 17.5. The van der Waals surface area contributed by atoms with Crippen LogP contribution in [0.1, 0.15) is 44.3 Å². The van der Waals surface area contributed by atoms with Gasteiger partial charge in [0, 0.05) is 17.8 Å². The molecule has 0 aliphatic rings. The number of hydrogen-bond acceptors (Lipinski definition) is 6. The third kappa shape index (κ3) is 5.35. The Labute approximate surface area is 165 Å². The average molecular weight is 393 g/mol. The lowest BCUT2D eigenvalue weighted by Crippen LogP contribution is -2.37. The summed E-state index contributed by atoms with van der Waals surface area (Å²) >= 11 is 1.52. The number of ether oxygens (including phenoxy) is 3. The Kier molecular flexibility index (Phi) is 7.91. The quantitative estimate of drug-likeness (QED) is 0.604. The van der Waals surface area contributed by atoms with Crippen molar-refractivity contribution in [2.24, 2.45) is 0 Å². The van der Waals surface area contributed by atoms with Crippen LogP contribution in [0, 0.1) is 0 Å². The summed E-state index contributed by atoms with van der Waals surface area (Å²) < 4.78 is 16.6. The Hall–Kier alpha value is -2.28. The van der Waals surface area contributed by atoms with Gasteiger partial charge in [-0.25, -0.2) is 4.98 Å². The van der Waals surface area contributed by atoms with Gasteiger partial charge in [-0.05, 0) is 25.5 Å². The molecule has 1 aromatic heterocycles. The van der Waals surface area contributed by atoms with Crippen LogP contribution in [0.3, 0.4) is 0 Å². The molecule has 0 fully saturated rings. The van der Waals surface area contributed by atoms with Gasteiger partial charge in [0.1, 0.15) is 11.6 Å². The molecule has 0 spiro atoms. The SMILES string of the molecule is CCC(=O)N(Cc1csc(COc2c(OC)cccc2OC)n1)C(C)CC. The number of carbonyl (C=O) groups is 1. The molecule has 0 aliphatic heterocycles. The highest BCUT2D eigenvalue weighted by Crippen LogP contribution is 2.37. The smallest absolute Gasteiger partial charge is 0.222 e. The minimum Gasteiger partial charge on any atom is -0.493 e. The van der Waals surface area contributed by atoms with Crippen molar-refractivity contribution >= 4 is 17.2 Å². The molecule has 0 N–H and O–H groups in total. The van der Waals surface area contributed by atoms with Crippen LogP contribution in [0.4, 0.5) is 0 Å². The fourth-order valence-corrected chi connectivity index (χ4v) is 3.37. The van der Waals surface area contributed by atoms with E-state index in [1.807, 2.05) is 35.4 Å². The maximum atomic E-state index is 12.2. The highest BCUT2D eigenvalue weighted by Gasteiger charge is 2.19. The summed E-state index contributed by atoms with van der Waals surface area (Å²) in [4.78, 5) is 18.7. The Morgan fingerprint density at radius 3 is 2.44 bits per heavy atom. The van der Waals surface area contributed by atoms with Gasteiger partial charge in [0.2, 0.25) is 11.7 Å². The fourth-order valence-electron chi connectivity index (χ4n) is 2.67. The average Bonchev–Trinajstić information content (AvgIpc) is 3.16. The summed E-state index contributed by atoms with van der Waals surface area (Å²) in [5.41, 5.74) is 0.882. The molecular weight excluding hydrogens is 364 g/mol. The van der Waals surface area contributed by atoms with Gasteiger partial charge in [-0.2, -0.15) is 0 Å². The first-order chi connectivity index (χ1) is 13.0. The van der Waals surface area contributed by atoms with Crippen LogP contribution < -0.4 is 14.2 Å². The number of benzene rings is 1. The molecule has 27 heavy (non-hydrogen) atoms. The number of thiazole rings is 1. The fraction of sp³-hybridized carbons (Fsp3) is 0.500. The summed E-state index contributed by atoms with van der Waals surface area (Å²) in [6.07, 6.45) is 1.41. The van der Waals surface area contributed by atoms with Crippen molar-refractivity contribution in [1.29, 1.82) is 0 Å². The van der Waals surface area contributed by atoms with Gasteiger partial charge in [0.15, 0.2) is 11.5 Å². The van der Waals surface area contributed by atoms with Gasteiger partial charge in [0.05, 0.1) is 26.5 Å². The van der Waals surface area contributed by atoms with Crippen LogP contribution in [0.15, 0.2) is 23.6 Å². The molecule has 1 unspecified atom stereocenters. The maximum Gasteiger partial charge on any atom is 0.222 e. The summed E-state index contributed by atoms with van der Waals surface area (Å²) in [5, 5.41) is 2.82. The Bertz CT molecular complexity index is 725. The van der Waals surface area contributed by atoms with Gasteiger partial charge in [0.25, 0.3) is 0 Å². The molecule has 2 rings (SSSR count). The number of amides is 1. The zero-order chi connectivity index (χ0) is 19.8. The van der Waals surface area contributed by atoms with E-state index in [-0.39, 0.29) is 11.9 Å². The summed E-state index contributed by atoms with van der Waals surface area (Å²) in [7, 11) is 3.19. The largest absolute Gasteiger partial charge is 0.493 e. The van der Waals surface area contributed by atoms with Crippen molar-refractivity contribution < 1.29 is 19.0 Å². The van der Waals surface area contributed by atoms with Crippen molar-refractivity contribution in [1.82, 2.24) is 9.88 Å². The Balaban J connectivity index is 2.07. The molecule has 148 valence electrons. The van der Waals surface area contributed by atoms with Gasteiger partial charge < -0.3 is 19.1 Å². The van der Waals surface area contributed by atoms with E-state index in [0.717, 1.165) is 17.1 Å². The van der Waals surface area contributed by atoms with Crippen molar-refractivity contribution in [2.75, 3.05) is 14.2 Å². The van der Waals surface area contributed by atoms with Crippen LogP contribution in [-0.4, -0.2) is 36.1 Å². The number of methoxy groups -OCH3 is 2. The van der Waals surface area contributed by atoms with Gasteiger partial charge in [-0.1, -0.05) is 19.9 Å². The lowest BCUT2D eigenvalue weighted by Gasteiger charge is -2.27. The molecule has 1 amide bonds. The van der Waals surface area contributed by atoms with Crippen molar-refractivity contribution in [3.8, 4) is 17.2 Å². The van der Waals surface area contributed by atoms with Crippen LogP contribution in [0.2, 0.25) is 0 Å². The number of carbonyl (C=O) groups excluding carboxylic acids is 1. The van der Waals surface area contributed by atoms with Crippen LogP contribution in [-0.2, 0) is 17.9 Å². The predicted molar refractivity (Wildman–Crippen MR) is 107 cm³/mol. The van der Waals surface area contributed by atoms with Crippen LogP contribution in [0.5, 0.6) is 17.2 Å². The zero-order valence-electron chi connectivity index (χ0n) is 16.7. The second kappa shape index (κ2) is 10.2. The van der Waals surface area contributed by atoms with Gasteiger partial charge in [-0.15, -0.1) is 11.3 Å². The maximum absolute atomic E-state index is 12.2. The number of nitrogens with zero attached hydrogens (tertiary/aromatic N) is 2. The van der Waals surface area contributed by atoms with E-state index in [1.165, 1.54) is 11.3 Å². The molecule has 2 aromatic rings. The van der Waals surface area contributed by atoms with Crippen LogP contribution >= 0.6 is 11.3 Å². The minimum atomic E-state index is 0.147. The number of hydrogen-bond donors (Lipinski definition) is 0. The first-order valence-electron chi connectivity index (χ1n) is 9.10. The molecule has 0 radical (unpaired) electrons. The van der Waals surface area contributed by atoms with E-state index in [4.69, 9.17) is 14.2 Å². The third-order valence-corrected chi connectivity index (χ3v) is 5.27. The minimum absolute atomic E-state index is 0.147. The van der Waals surface area contributed by atoms with E-state index < -0.39 is 0 Å².